The Kier molecular flexibility index (Phi) is 2.86. The summed E-state index contributed by atoms with van der Waals surface area (Å²) in [6.07, 6.45) is 3.26. The Morgan fingerprint density at radius 1 is 1.60 bits per heavy atom. The number of nitrogens with one attached hydrogen (secondary N) is 2. The van der Waals surface area contributed by atoms with Crippen molar-refractivity contribution in [3.8, 4) is 0 Å². The fraction of sp³-hybridized carbons (Fsp3) is 0.636. The molecule has 0 bridgehead atoms. The third-order valence-corrected chi connectivity index (χ3v) is 3.07. The Hall–Kier alpha value is -1.16. The molecule has 1 unspecified atom stereocenters. The number of hydrogen-bond donors (Lipinski definition) is 2. The van der Waals surface area contributed by atoms with Gasteiger partial charge in [-0.05, 0) is 44.7 Å². The lowest BCUT2D eigenvalue weighted by Gasteiger charge is -2.25. The molecule has 0 spiro atoms. The molecule has 0 radical (unpaired) electrons. The maximum atomic E-state index is 11.2. The second-order valence-corrected chi connectivity index (χ2v) is 4.17. The molecule has 1 aliphatic carbocycles. The summed E-state index contributed by atoms with van der Waals surface area (Å²) in [6.45, 7) is 2.93. The zero-order valence-electron chi connectivity index (χ0n) is 9.26. The standard InChI is InChI=1S/C11H17N3O/c1-7-10-8(6-12-2)4-3-5-9(10)14-11(15)13-7/h8,12H,3-6H2,1-2H3,(H,13,14,15). The van der Waals surface area contributed by atoms with Crippen molar-refractivity contribution in [2.24, 2.45) is 0 Å². The second kappa shape index (κ2) is 4.14. The lowest BCUT2D eigenvalue weighted by Crippen LogP contribution is -2.27. The molecule has 1 atom stereocenters. The van der Waals surface area contributed by atoms with Crippen molar-refractivity contribution in [1.82, 2.24) is 15.3 Å². The Labute approximate surface area is 89.1 Å². The lowest BCUT2D eigenvalue weighted by atomic mass is 9.84. The van der Waals surface area contributed by atoms with Gasteiger partial charge in [0.05, 0.1) is 5.69 Å². The highest BCUT2D eigenvalue weighted by Gasteiger charge is 2.23. The fourth-order valence-electron chi connectivity index (χ4n) is 2.50. The number of nitrogens with zero attached hydrogens (tertiary/aromatic N) is 1. The summed E-state index contributed by atoms with van der Waals surface area (Å²) in [6, 6.07) is 0. The average Bonchev–Trinajstić information content (AvgIpc) is 2.17. The summed E-state index contributed by atoms with van der Waals surface area (Å²) < 4.78 is 0. The van der Waals surface area contributed by atoms with E-state index in [4.69, 9.17) is 0 Å². The smallest absolute Gasteiger partial charge is 0.319 e. The van der Waals surface area contributed by atoms with Gasteiger partial charge in [0.1, 0.15) is 0 Å². The summed E-state index contributed by atoms with van der Waals surface area (Å²) in [5, 5.41) is 3.20. The van der Waals surface area contributed by atoms with Gasteiger partial charge in [0.2, 0.25) is 0 Å². The highest BCUT2D eigenvalue weighted by molar-refractivity contribution is 5.30. The maximum Gasteiger partial charge on any atom is 0.345 e. The number of rotatable bonds is 2. The molecule has 0 saturated carbocycles. The third-order valence-electron chi connectivity index (χ3n) is 3.07. The van der Waals surface area contributed by atoms with Gasteiger partial charge in [0, 0.05) is 12.2 Å². The number of aromatic amines is 1. The van der Waals surface area contributed by atoms with Crippen molar-refractivity contribution in [2.45, 2.75) is 32.1 Å². The largest absolute Gasteiger partial charge is 0.345 e. The molecule has 2 N–H and O–H groups in total. The molecule has 1 aliphatic rings. The zero-order chi connectivity index (χ0) is 10.8. The van der Waals surface area contributed by atoms with Gasteiger partial charge in [0.25, 0.3) is 0 Å². The van der Waals surface area contributed by atoms with Crippen molar-refractivity contribution < 1.29 is 0 Å². The maximum absolute atomic E-state index is 11.2. The molecular weight excluding hydrogens is 190 g/mol. The van der Waals surface area contributed by atoms with Crippen LogP contribution >= 0.6 is 0 Å². The van der Waals surface area contributed by atoms with Crippen molar-refractivity contribution in [3.05, 3.63) is 27.4 Å². The minimum absolute atomic E-state index is 0.212. The Morgan fingerprint density at radius 2 is 2.40 bits per heavy atom. The number of H-pyrrole nitrogens is 1. The van der Waals surface area contributed by atoms with Crippen molar-refractivity contribution >= 4 is 0 Å². The summed E-state index contributed by atoms with van der Waals surface area (Å²) in [7, 11) is 1.96. The van der Waals surface area contributed by atoms with Crippen LogP contribution in [0.4, 0.5) is 0 Å². The molecule has 1 aromatic heterocycles. The van der Waals surface area contributed by atoms with Gasteiger partial charge in [-0.3, -0.25) is 0 Å². The van der Waals surface area contributed by atoms with Crippen LogP contribution in [0, 0.1) is 6.92 Å². The first-order chi connectivity index (χ1) is 7.22. The number of fused-ring (bicyclic) bond motifs is 1. The quantitative estimate of drug-likeness (QED) is 0.751. The minimum atomic E-state index is -0.212. The highest BCUT2D eigenvalue weighted by atomic mass is 16.1. The Balaban J connectivity index is 2.46. The predicted molar refractivity (Wildman–Crippen MR) is 59.2 cm³/mol. The van der Waals surface area contributed by atoms with E-state index in [1.165, 1.54) is 12.0 Å². The van der Waals surface area contributed by atoms with Crippen LogP contribution in [-0.2, 0) is 6.42 Å². The van der Waals surface area contributed by atoms with Gasteiger partial charge in [-0.15, -0.1) is 0 Å². The van der Waals surface area contributed by atoms with E-state index in [2.05, 4.69) is 15.3 Å². The van der Waals surface area contributed by atoms with Crippen LogP contribution in [0.2, 0.25) is 0 Å². The van der Waals surface area contributed by atoms with E-state index < -0.39 is 0 Å². The molecule has 1 aromatic rings. The SMILES string of the molecule is CNCC1CCCc2nc(=O)[nH]c(C)c21. The molecule has 82 valence electrons. The van der Waals surface area contributed by atoms with E-state index in [1.807, 2.05) is 14.0 Å². The number of likely N-dealkylation sites (N-methyl/N-ethyl adjacent to an activating group) is 1. The summed E-state index contributed by atoms with van der Waals surface area (Å²) >= 11 is 0. The monoisotopic (exact) mass is 207 g/mol. The van der Waals surface area contributed by atoms with E-state index >= 15 is 0 Å². The Morgan fingerprint density at radius 3 is 3.13 bits per heavy atom. The van der Waals surface area contributed by atoms with E-state index in [9.17, 15) is 4.79 Å². The van der Waals surface area contributed by atoms with Crippen LogP contribution in [0.25, 0.3) is 0 Å². The normalized spacial score (nSPS) is 20.0. The molecule has 0 saturated heterocycles. The van der Waals surface area contributed by atoms with Crippen LogP contribution in [0.1, 0.15) is 35.7 Å². The van der Waals surface area contributed by atoms with Crippen molar-refractivity contribution in [2.75, 3.05) is 13.6 Å². The van der Waals surface area contributed by atoms with Gasteiger partial charge >= 0.3 is 5.69 Å². The first kappa shape index (κ1) is 10.4. The topological polar surface area (TPSA) is 57.8 Å². The minimum Gasteiger partial charge on any atom is -0.319 e. The van der Waals surface area contributed by atoms with Gasteiger partial charge in [-0.2, -0.15) is 4.98 Å². The zero-order valence-corrected chi connectivity index (χ0v) is 9.26. The van der Waals surface area contributed by atoms with Crippen LogP contribution < -0.4 is 11.0 Å². The van der Waals surface area contributed by atoms with Crippen molar-refractivity contribution in [3.63, 3.8) is 0 Å². The second-order valence-electron chi connectivity index (χ2n) is 4.17. The first-order valence-electron chi connectivity index (χ1n) is 5.46. The van der Waals surface area contributed by atoms with Gasteiger partial charge < -0.3 is 10.3 Å². The number of aryl methyl sites for hydroxylation is 2. The molecule has 0 aromatic carbocycles. The molecule has 2 rings (SSSR count). The first-order valence-corrected chi connectivity index (χ1v) is 5.46. The highest BCUT2D eigenvalue weighted by Crippen LogP contribution is 2.30. The van der Waals surface area contributed by atoms with E-state index in [0.29, 0.717) is 5.92 Å². The molecule has 0 aliphatic heterocycles. The van der Waals surface area contributed by atoms with Crippen LogP contribution in [0.3, 0.4) is 0 Å². The summed E-state index contributed by atoms with van der Waals surface area (Å²) in [5.74, 6) is 0.503. The third kappa shape index (κ3) is 1.95. The lowest BCUT2D eigenvalue weighted by molar-refractivity contribution is 0.513. The number of hydrogen-bond acceptors (Lipinski definition) is 3. The van der Waals surface area contributed by atoms with Gasteiger partial charge in [-0.25, -0.2) is 4.79 Å². The molecule has 0 fully saturated rings. The van der Waals surface area contributed by atoms with E-state index in [-0.39, 0.29) is 5.69 Å². The van der Waals surface area contributed by atoms with Gasteiger partial charge in [0.15, 0.2) is 0 Å². The Bertz CT molecular complexity index is 411. The predicted octanol–water partition coefficient (Wildman–Crippen LogP) is 0.718. The molecule has 4 nitrogen and oxygen atoms in total. The molecule has 1 heterocycles. The van der Waals surface area contributed by atoms with Gasteiger partial charge in [-0.1, -0.05) is 0 Å². The molecular formula is C11H17N3O. The molecule has 0 amide bonds. The van der Waals surface area contributed by atoms with Crippen LogP contribution in [0.5, 0.6) is 0 Å². The van der Waals surface area contributed by atoms with Crippen LogP contribution in [-0.4, -0.2) is 23.6 Å². The van der Waals surface area contributed by atoms with Crippen LogP contribution in [0.15, 0.2) is 4.79 Å². The summed E-state index contributed by atoms with van der Waals surface area (Å²) in [5.41, 5.74) is 3.04. The average molecular weight is 207 g/mol. The van der Waals surface area contributed by atoms with Crippen molar-refractivity contribution in [1.29, 1.82) is 0 Å². The summed E-state index contributed by atoms with van der Waals surface area (Å²) in [4.78, 5) is 18.1. The molecule has 4 heteroatoms. The van der Waals surface area contributed by atoms with E-state index in [1.54, 1.807) is 0 Å². The fourth-order valence-corrected chi connectivity index (χ4v) is 2.50. The number of aromatic nitrogens is 2. The van der Waals surface area contributed by atoms with E-state index in [0.717, 1.165) is 30.8 Å². The molecule has 15 heavy (non-hydrogen) atoms.